The predicted octanol–water partition coefficient (Wildman–Crippen LogP) is 0.964. The molecule has 3 aliphatic heterocycles. The molecule has 9 heteroatoms. The molecule has 2 aromatic rings. The lowest BCUT2D eigenvalue weighted by Gasteiger charge is -2.29. The Balaban J connectivity index is 1.30. The zero-order chi connectivity index (χ0) is 19.3. The summed E-state index contributed by atoms with van der Waals surface area (Å²) in [6.07, 6.45) is 5.66. The lowest BCUT2D eigenvalue weighted by Crippen LogP contribution is -2.42. The Morgan fingerprint density at radius 2 is 2.36 bits per heavy atom. The minimum atomic E-state index is -0.138. The number of hydrogen-bond donors (Lipinski definition) is 3. The second-order valence-electron chi connectivity index (χ2n) is 7.99. The van der Waals surface area contributed by atoms with E-state index in [0.29, 0.717) is 24.1 Å². The minimum absolute atomic E-state index is 0.129. The van der Waals surface area contributed by atoms with Crippen LogP contribution in [0.2, 0.25) is 0 Å². The molecular formula is C19H25N7O2. The molecule has 9 nitrogen and oxygen atoms in total. The molecule has 4 atom stereocenters. The van der Waals surface area contributed by atoms with Crippen LogP contribution in [-0.4, -0.2) is 64.2 Å². The lowest BCUT2D eigenvalue weighted by atomic mass is 9.73. The Morgan fingerprint density at radius 3 is 3.14 bits per heavy atom. The van der Waals surface area contributed by atoms with Gasteiger partial charge in [0, 0.05) is 43.9 Å². The number of rotatable bonds is 5. The largest absolute Gasteiger partial charge is 0.373 e. The van der Waals surface area contributed by atoms with Crippen LogP contribution in [0.3, 0.4) is 0 Å². The topological polar surface area (TPSA) is 108 Å². The number of anilines is 2. The van der Waals surface area contributed by atoms with Crippen LogP contribution in [0.15, 0.2) is 18.6 Å². The molecule has 148 valence electrons. The fourth-order valence-electron chi connectivity index (χ4n) is 5.14. The highest BCUT2D eigenvalue weighted by atomic mass is 16.5. The van der Waals surface area contributed by atoms with Gasteiger partial charge in [-0.1, -0.05) is 0 Å². The maximum Gasteiger partial charge on any atom is 0.271 e. The molecule has 28 heavy (non-hydrogen) atoms. The van der Waals surface area contributed by atoms with Crippen LogP contribution in [0.1, 0.15) is 29.0 Å². The Kier molecular flexibility index (Phi) is 4.01. The summed E-state index contributed by atoms with van der Waals surface area (Å²) in [4.78, 5) is 30.8. The van der Waals surface area contributed by atoms with Crippen molar-refractivity contribution < 1.29 is 9.53 Å². The molecule has 5 rings (SSSR count). The summed E-state index contributed by atoms with van der Waals surface area (Å²) >= 11 is 0. The third kappa shape index (κ3) is 2.64. The average Bonchev–Trinajstić information content (AvgIpc) is 3.46. The second kappa shape index (κ2) is 6.44. The van der Waals surface area contributed by atoms with Gasteiger partial charge in [-0.3, -0.25) is 4.79 Å². The van der Waals surface area contributed by atoms with E-state index in [-0.39, 0.29) is 17.6 Å². The summed E-state index contributed by atoms with van der Waals surface area (Å²) in [5.41, 5.74) is 1.11. The van der Waals surface area contributed by atoms with Gasteiger partial charge in [0.15, 0.2) is 0 Å². The number of nitrogens with one attached hydrogen (secondary N) is 3. The SMILES string of the molecule is CNc1ccnc(N2C[C@@H]3[C@H](CNC(=O)c4nc[nH]c4C)[C@H]4CC[C@]3(C2)O4)n1. The first-order valence-corrected chi connectivity index (χ1v) is 9.81. The summed E-state index contributed by atoms with van der Waals surface area (Å²) in [5.74, 6) is 2.08. The number of hydrogen-bond acceptors (Lipinski definition) is 7. The molecule has 0 saturated carbocycles. The third-order valence-electron chi connectivity index (χ3n) is 6.51. The zero-order valence-electron chi connectivity index (χ0n) is 16.1. The Hall–Kier alpha value is -2.68. The summed E-state index contributed by atoms with van der Waals surface area (Å²) in [5, 5.41) is 6.14. The quantitative estimate of drug-likeness (QED) is 0.706. The van der Waals surface area contributed by atoms with Crippen molar-refractivity contribution in [2.75, 3.05) is 36.9 Å². The monoisotopic (exact) mass is 383 g/mol. The van der Waals surface area contributed by atoms with E-state index >= 15 is 0 Å². The molecule has 2 bridgehead atoms. The molecule has 2 aromatic heterocycles. The van der Waals surface area contributed by atoms with Gasteiger partial charge in [0.2, 0.25) is 5.95 Å². The van der Waals surface area contributed by atoms with Crippen molar-refractivity contribution in [3.8, 4) is 0 Å². The van der Waals surface area contributed by atoms with E-state index < -0.39 is 0 Å². The third-order valence-corrected chi connectivity index (χ3v) is 6.51. The fourth-order valence-corrected chi connectivity index (χ4v) is 5.14. The molecule has 0 unspecified atom stereocenters. The first kappa shape index (κ1) is 17.4. The van der Waals surface area contributed by atoms with E-state index in [0.717, 1.165) is 43.4 Å². The van der Waals surface area contributed by atoms with Gasteiger partial charge >= 0.3 is 0 Å². The molecule has 3 aliphatic rings. The molecule has 0 aliphatic carbocycles. The summed E-state index contributed by atoms with van der Waals surface area (Å²) in [6, 6.07) is 1.86. The number of fused-ring (bicyclic) bond motifs is 1. The highest BCUT2D eigenvalue weighted by Gasteiger charge is 2.63. The molecule has 0 radical (unpaired) electrons. The molecular weight excluding hydrogens is 358 g/mol. The van der Waals surface area contributed by atoms with Crippen molar-refractivity contribution in [1.82, 2.24) is 25.3 Å². The molecule has 3 fully saturated rings. The summed E-state index contributed by atoms with van der Waals surface area (Å²) in [6.45, 7) is 4.12. The van der Waals surface area contributed by atoms with Crippen molar-refractivity contribution in [2.24, 2.45) is 11.8 Å². The van der Waals surface area contributed by atoms with E-state index in [1.54, 1.807) is 12.5 Å². The van der Waals surface area contributed by atoms with Crippen molar-refractivity contribution in [2.45, 2.75) is 31.5 Å². The maximum atomic E-state index is 12.5. The van der Waals surface area contributed by atoms with Gasteiger partial charge in [0.25, 0.3) is 5.91 Å². The zero-order valence-corrected chi connectivity index (χ0v) is 16.1. The lowest BCUT2D eigenvalue weighted by molar-refractivity contribution is 0.0141. The number of amides is 1. The summed E-state index contributed by atoms with van der Waals surface area (Å²) < 4.78 is 6.47. The molecule has 0 aromatic carbocycles. The average molecular weight is 383 g/mol. The Labute approximate surface area is 163 Å². The van der Waals surface area contributed by atoms with Crippen molar-refractivity contribution in [3.05, 3.63) is 30.0 Å². The number of aromatic amines is 1. The van der Waals surface area contributed by atoms with E-state index in [1.807, 2.05) is 20.0 Å². The van der Waals surface area contributed by atoms with Gasteiger partial charge in [0.1, 0.15) is 11.5 Å². The molecule has 3 N–H and O–H groups in total. The van der Waals surface area contributed by atoms with Crippen LogP contribution in [0.4, 0.5) is 11.8 Å². The van der Waals surface area contributed by atoms with Crippen LogP contribution in [0.25, 0.3) is 0 Å². The Morgan fingerprint density at radius 1 is 1.46 bits per heavy atom. The van der Waals surface area contributed by atoms with Crippen LogP contribution in [0.5, 0.6) is 0 Å². The van der Waals surface area contributed by atoms with E-state index in [9.17, 15) is 4.79 Å². The van der Waals surface area contributed by atoms with Crippen LogP contribution < -0.4 is 15.5 Å². The van der Waals surface area contributed by atoms with E-state index in [4.69, 9.17) is 4.74 Å². The minimum Gasteiger partial charge on any atom is -0.373 e. The smallest absolute Gasteiger partial charge is 0.271 e. The number of carbonyl (C=O) groups is 1. The molecule has 5 heterocycles. The molecule has 1 amide bonds. The first-order chi connectivity index (χ1) is 13.6. The van der Waals surface area contributed by atoms with Gasteiger partial charge in [-0.2, -0.15) is 4.98 Å². The molecule has 3 saturated heterocycles. The predicted molar refractivity (Wildman–Crippen MR) is 103 cm³/mol. The highest BCUT2D eigenvalue weighted by molar-refractivity contribution is 5.93. The number of ether oxygens (including phenoxy) is 1. The standard InChI is InChI=1S/C19H25N7O2/c1-11-16(24-10-23-11)17(27)22-7-12-13-8-26(9-19(13)5-3-14(12)28-19)18-21-6-4-15(20-2)25-18/h4,6,10,12-14H,3,5,7-9H2,1-2H3,(H,22,27)(H,23,24)(H,20,21,25)/t12-,13+,14+,19+/m0/s1. The van der Waals surface area contributed by atoms with E-state index in [1.165, 1.54) is 0 Å². The first-order valence-electron chi connectivity index (χ1n) is 9.81. The van der Waals surface area contributed by atoms with Gasteiger partial charge in [0.05, 0.1) is 24.6 Å². The van der Waals surface area contributed by atoms with Crippen molar-refractivity contribution in [1.29, 1.82) is 0 Å². The van der Waals surface area contributed by atoms with Crippen molar-refractivity contribution >= 4 is 17.7 Å². The molecule has 1 spiro atoms. The maximum absolute atomic E-state index is 12.5. The van der Waals surface area contributed by atoms with Crippen molar-refractivity contribution in [3.63, 3.8) is 0 Å². The van der Waals surface area contributed by atoms with Gasteiger partial charge in [-0.25, -0.2) is 9.97 Å². The number of H-pyrrole nitrogens is 1. The summed E-state index contributed by atoms with van der Waals surface area (Å²) in [7, 11) is 1.86. The number of nitrogens with zero attached hydrogens (tertiary/aromatic N) is 4. The number of imidazole rings is 1. The normalized spacial score (nSPS) is 30.5. The Bertz CT molecular complexity index is 900. The highest BCUT2D eigenvalue weighted by Crippen LogP contribution is 2.55. The van der Waals surface area contributed by atoms with Gasteiger partial charge < -0.3 is 25.3 Å². The fraction of sp³-hybridized carbons (Fsp3) is 0.579. The number of aromatic nitrogens is 4. The van der Waals surface area contributed by atoms with Crippen LogP contribution in [-0.2, 0) is 4.74 Å². The van der Waals surface area contributed by atoms with Gasteiger partial charge in [-0.05, 0) is 25.8 Å². The van der Waals surface area contributed by atoms with Crippen LogP contribution >= 0.6 is 0 Å². The number of aryl methyl sites for hydroxylation is 1. The second-order valence-corrected chi connectivity index (χ2v) is 7.99. The number of carbonyl (C=O) groups excluding carboxylic acids is 1. The van der Waals surface area contributed by atoms with Gasteiger partial charge in [-0.15, -0.1) is 0 Å². The van der Waals surface area contributed by atoms with Crippen LogP contribution in [0, 0.1) is 18.8 Å². The van der Waals surface area contributed by atoms with E-state index in [2.05, 4.69) is 35.5 Å².